The molecule has 0 radical (unpaired) electrons. The summed E-state index contributed by atoms with van der Waals surface area (Å²) in [4.78, 5) is 8.06. The van der Waals surface area contributed by atoms with Gasteiger partial charge in [-0.15, -0.1) is 0 Å². The number of benzene rings is 1. The van der Waals surface area contributed by atoms with Gasteiger partial charge >= 0.3 is 0 Å². The van der Waals surface area contributed by atoms with Gasteiger partial charge in [0.25, 0.3) is 0 Å². The highest BCUT2D eigenvalue weighted by atomic mass is 16.5. The van der Waals surface area contributed by atoms with Gasteiger partial charge in [0.2, 0.25) is 5.88 Å². The quantitative estimate of drug-likeness (QED) is 0.858. The Hall–Kier alpha value is -1.98. The molecule has 1 aliphatic carbocycles. The second-order valence-corrected chi connectivity index (χ2v) is 6.11. The van der Waals surface area contributed by atoms with Crippen LogP contribution < -0.4 is 10.1 Å². The first kappa shape index (κ1) is 15.9. The number of nitrogens with one attached hydrogen (secondary N) is 1. The van der Waals surface area contributed by atoms with Crippen molar-refractivity contribution < 1.29 is 9.84 Å². The van der Waals surface area contributed by atoms with Gasteiger partial charge in [-0.3, -0.25) is 4.98 Å². The molecule has 0 saturated heterocycles. The van der Waals surface area contributed by atoms with Crippen LogP contribution in [0.15, 0.2) is 42.9 Å². The topological polar surface area (TPSA) is 67.3 Å². The first-order chi connectivity index (χ1) is 11.3. The molecule has 2 unspecified atom stereocenters. The van der Waals surface area contributed by atoms with E-state index in [9.17, 15) is 5.11 Å². The number of rotatable bonds is 6. The number of ether oxygens (including phenoxy) is 1. The first-order valence-corrected chi connectivity index (χ1v) is 8.21. The average molecular weight is 313 g/mol. The van der Waals surface area contributed by atoms with E-state index >= 15 is 0 Å². The van der Waals surface area contributed by atoms with Crippen molar-refractivity contribution in [3.63, 3.8) is 0 Å². The maximum absolute atomic E-state index is 9.70. The molecule has 1 aromatic carbocycles. The van der Waals surface area contributed by atoms with Crippen molar-refractivity contribution in [2.75, 3.05) is 6.54 Å². The molecule has 5 heteroatoms. The largest absolute Gasteiger partial charge is 0.438 e. The van der Waals surface area contributed by atoms with Crippen molar-refractivity contribution in [3.05, 3.63) is 48.4 Å². The Labute approximate surface area is 136 Å². The van der Waals surface area contributed by atoms with Crippen LogP contribution in [0.3, 0.4) is 0 Å². The minimum Gasteiger partial charge on any atom is -0.438 e. The second kappa shape index (κ2) is 8.04. The Morgan fingerprint density at radius 3 is 2.78 bits per heavy atom. The van der Waals surface area contributed by atoms with Crippen LogP contribution in [0.5, 0.6) is 11.6 Å². The van der Waals surface area contributed by atoms with Gasteiger partial charge in [-0.25, -0.2) is 4.98 Å². The monoisotopic (exact) mass is 313 g/mol. The lowest BCUT2D eigenvalue weighted by Crippen LogP contribution is -2.28. The molecule has 0 spiro atoms. The van der Waals surface area contributed by atoms with Crippen LogP contribution in [0.25, 0.3) is 0 Å². The maximum Gasteiger partial charge on any atom is 0.237 e. The van der Waals surface area contributed by atoms with Crippen LogP contribution in [-0.4, -0.2) is 27.7 Å². The van der Waals surface area contributed by atoms with Gasteiger partial charge in [0.15, 0.2) is 0 Å². The molecule has 2 atom stereocenters. The summed E-state index contributed by atoms with van der Waals surface area (Å²) in [7, 11) is 0. The molecule has 1 fully saturated rings. The van der Waals surface area contributed by atoms with Crippen molar-refractivity contribution in [1.29, 1.82) is 0 Å². The third-order valence-electron chi connectivity index (χ3n) is 4.20. The predicted octanol–water partition coefficient (Wildman–Crippen LogP) is 2.91. The Bertz CT molecular complexity index is 589. The molecule has 2 aromatic rings. The molecule has 0 aliphatic heterocycles. The third-order valence-corrected chi connectivity index (χ3v) is 4.20. The fourth-order valence-corrected chi connectivity index (χ4v) is 3.00. The Morgan fingerprint density at radius 2 is 2.04 bits per heavy atom. The summed E-state index contributed by atoms with van der Waals surface area (Å²) in [5, 5.41) is 13.2. The number of aliphatic hydroxyl groups excluding tert-OH is 1. The van der Waals surface area contributed by atoms with Crippen LogP contribution in [0, 0.1) is 5.92 Å². The highest BCUT2D eigenvalue weighted by molar-refractivity contribution is 5.29. The minimum absolute atomic E-state index is 0.104. The summed E-state index contributed by atoms with van der Waals surface area (Å²) in [6.45, 7) is 1.80. The fraction of sp³-hybridized carbons (Fsp3) is 0.444. The number of aromatic nitrogens is 2. The summed E-state index contributed by atoms with van der Waals surface area (Å²) < 4.78 is 5.62. The standard InChI is InChI=1S/C18H23N3O2/c22-16-3-1-2-15(10-16)12-20-11-14-4-6-17(7-5-14)23-18-13-19-8-9-21-18/h4-9,13,15-16,20,22H,1-3,10-12H2. The normalized spacial score (nSPS) is 21.1. The fourth-order valence-electron chi connectivity index (χ4n) is 3.00. The summed E-state index contributed by atoms with van der Waals surface area (Å²) in [5.74, 6) is 1.84. The molecule has 1 aliphatic rings. The molecule has 1 heterocycles. The molecule has 23 heavy (non-hydrogen) atoms. The molecule has 0 bridgehead atoms. The number of hydrogen-bond donors (Lipinski definition) is 2. The highest BCUT2D eigenvalue weighted by Gasteiger charge is 2.19. The van der Waals surface area contributed by atoms with E-state index in [-0.39, 0.29) is 6.10 Å². The van der Waals surface area contributed by atoms with Crippen molar-refractivity contribution in [3.8, 4) is 11.6 Å². The molecule has 1 aromatic heterocycles. The Morgan fingerprint density at radius 1 is 1.17 bits per heavy atom. The van der Waals surface area contributed by atoms with Crippen molar-refractivity contribution >= 4 is 0 Å². The van der Waals surface area contributed by atoms with Crippen LogP contribution in [0.1, 0.15) is 31.2 Å². The SMILES string of the molecule is OC1CCCC(CNCc2ccc(Oc3cnccn3)cc2)C1. The number of hydrogen-bond acceptors (Lipinski definition) is 5. The second-order valence-electron chi connectivity index (χ2n) is 6.11. The lowest BCUT2D eigenvalue weighted by molar-refractivity contribution is 0.101. The summed E-state index contributed by atoms with van der Waals surface area (Å²) in [6.07, 6.45) is 8.96. The van der Waals surface area contributed by atoms with Crippen LogP contribution >= 0.6 is 0 Å². The molecule has 1 saturated carbocycles. The van der Waals surface area contributed by atoms with E-state index < -0.39 is 0 Å². The number of nitrogens with zero attached hydrogens (tertiary/aromatic N) is 2. The van der Waals surface area contributed by atoms with Crippen molar-refractivity contribution in [2.24, 2.45) is 5.92 Å². The molecule has 3 rings (SSSR count). The molecule has 0 amide bonds. The molecule has 2 N–H and O–H groups in total. The molecular formula is C18H23N3O2. The predicted molar refractivity (Wildman–Crippen MR) is 88.2 cm³/mol. The summed E-state index contributed by atoms with van der Waals surface area (Å²) >= 11 is 0. The highest BCUT2D eigenvalue weighted by Crippen LogP contribution is 2.23. The molecule has 122 valence electrons. The minimum atomic E-state index is -0.104. The first-order valence-electron chi connectivity index (χ1n) is 8.21. The molecular weight excluding hydrogens is 290 g/mol. The van der Waals surface area contributed by atoms with Gasteiger partial charge in [0.05, 0.1) is 12.3 Å². The van der Waals surface area contributed by atoms with E-state index in [0.717, 1.165) is 38.1 Å². The van der Waals surface area contributed by atoms with E-state index in [4.69, 9.17) is 4.74 Å². The zero-order chi connectivity index (χ0) is 15.9. The van der Waals surface area contributed by atoms with E-state index in [1.807, 2.05) is 12.1 Å². The summed E-state index contributed by atoms with van der Waals surface area (Å²) in [5.41, 5.74) is 1.22. The van der Waals surface area contributed by atoms with Crippen LogP contribution in [0.2, 0.25) is 0 Å². The lowest BCUT2D eigenvalue weighted by atomic mass is 9.87. The van der Waals surface area contributed by atoms with E-state index in [1.54, 1.807) is 18.6 Å². The van der Waals surface area contributed by atoms with Crippen LogP contribution in [-0.2, 0) is 6.54 Å². The van der Waals surface area contributed by atoms with Crippen molar-refractivity contribution in [1.82, 2.24) is 15.3 Å². The molecule has 5 nitrogen and oxygen atoms in total. The van der Waals surface area contributed by atoms with Gasteiger partial charge in [-0.05, 0) is 49.4 Å². The Balaban J connectivity index is 1.44. The van der Waals surface area contributed by atoms with Crippen LogP contribution in [0.4, 0.5) is 0 Å². The van der Waals surface area contributed by atoms with Gasteiger partial charge in [0.1, 0.15) is 5.75 Å². The van der Waals surface area contributed by atoms with Gasteiger partial charge in [-0.2, -0.15) is 0 Å². The van der Waals surface area contributed by atoms with E-state index in [2.05, 4.69) is 27.4 Å². The van der Waals surface area contributed by atoms with E-state index in [0.29, 0.717) is 11.8 Å². The smallest absolute Gasteiger partial charge is 0.237 e. The van der Waals surface area contributed by atoms with E-state index in [1.165, 1.54) is 12.0 Å². The van der Waals surface area contributed by atoms with Crippen molar-refractivity contribution in [2.45, 2.75) is 38.3 Å². The summed E-state index contributed by atoms with van der Waals surface area (Å²) in [6, 6.07) is 7.98. The van der Waals surface area contributed by atoms with Gasteiger partial charge in [-0.1, -0.05) is 18.6 Å². The zero-order valence-electron chi connectivity index (χ0n) is 13.2. The number of aliphatic hydroxyl groups is 1. The van der Waals surface area contributed by atoms with Gasteiger partial charge in [0, 0.05) is 18.9 Å². The van der Waals surface area contributed by atoms with Gasteiger partial charge < -0.3 is 15.2 Å². The Kier molecular flexibility index (Phi) is 5.56. The third kappa shape index (κ3) is 5.01. The lowest BCUT2D eigenvalue weighted by Gasteiger charge is -2.26. The zero-order valence-corrected chi connectivity index (χ0v) is 13.2. The average Bonchev–Trinajstić information content (AvgIpc) is 2.58. The maximum atomic E-state index is 9.70.